The molecule has 2 aliphatic rings. The van der Waals surface area contributed by atoms with Gasteiger partial charge in [0, 0.05) is 36.4 Å². The van der Waals surface area contributed by atoms with Crippen LogP contribution in [0.5, 0.6) is 0 Å². The summed E-state index contributed by atoms with van der Waals surface area (Å²) >= 11 is 0. The van der Waals surface area contributed by atoms with Gasteiger partial charge in [0.1, 0.15) is 0 Å². The van der Waals surface area contributed by atoms with Crippen molar-refractivity contribution in [2.24, 2.45) is 11.8 Å². The second-order valence-electron chi connectivity index (χ2n) is 12.0. The fourth-order valence-corrected chi connectivity index (χ4v) is 5.30. The van der Waals surface area contributed by atoms with E-state index < -0.39 is 0 Å². The van der Waals surface area contributed by atoms with Crippen molar-refractivity contribution >= 4 is 0 Å². The Balaban J connectivity index is 1.55. The van der Waals surface area contributed by atoms with Crippen molar-refractivity contribution < 1.29 is 9.47 Å². The summed E-state index contributed by atoms with van der Waals surface area (Å²) < 4.78 is 12.6. The number of ether oxygens (including phenoxy) is 2. The molecule has 0 aromatic rings. The highest BCUT2D eigenvalue weighted by Gasteiger charge is 2.35. The number of hydrogen-bond donors (Lipinski definition) is 2. The van der Waals surface area contributed by atoms with Gasteiger partial charge in [-0.25, -0.2) is 0 Å². The molecule has 4 nitrogen and oxygen atoms in total. The molecular formula is C26H52N2O2. The third-order valence-electron chi connectivity index (χ3n) is 7.02. The minimum Gasteiger partial charge on any atom is -0.378 e. The first-order chi connectivity index (χ1) is 14.0. The first-order valence-electron chi connectivity index (χ1n) is 12.8. The Morgan fingerprint density at radius 2 is 1.03 bits per heavy atom. The van der Waals surface area contributed by atoms with Gasteiger partial charge in [0.2, 0.25) is 0 Å². The highest BCUT2D eigenvalue weighted by Crippen LogP contribution is 2.29. The lowest BCUT2D eigenvalue weighted by Crippen LogP contribution is -2.56. The summed E-state index contributed by atoms with van der Waals surface area (Å²) in [5.74, 6) is 1.33. The van der Waals surface area contributed by atoms with Crippen LogP contribution in [-0.4, -0.2) is 48.6 Å². The predicted molar refractivity (Wildman–Crippen MR) is 128 cm³/mol. The Kier molecular flexibility index (Phi) is 10.1. The lowest BCUT2D eigenvalue weighted by atomic mass is 9.83. The van der Waals surface area contributed by atoms with Crippen LogP contribution in [0.15, 0.2) is 0 Å². The second-order valence-corrected chi connectivity index (χ2v) is 12.0. The van der Waals surface area contributed by atoms with E-state index in [9.17, 15) is 0 Å². The van der Waals surface area contributed by atoms with E-state index in [1.807, 2.05) is 0 Å². The fourth-order valence-electron chi connectivity index (χ4n) is 5.30. The van der Waals surface area contributed by atoms with Gasteiger partial charge in [-0.2, -0.15) is 0 Å². The van der Waals surface area contributed by atoms with Crippen LogP contribution in [0.1, 0.15) is 107 Å². The Morgan fingerprint density at radius 3 is 1.37 bits per heavy atom. The molecule has 0 radical (unpaired) electrons. The number of piperidine rings is 2. The number of hydrogen-bond acceptors (Lipinski definition) is 4. The van der Waals surface area contributed by atoms with Crippen LogP contribution in [0.4, 0.5) is 0 Å². The number of unbranched alkanes of at least 4 members (excludes halogenated alkanes) is 3. The molecule has 4 atom stereocenters. The average molecular weight is 425 g/mol. The van der Waals surface area contributed by atoms with Crippen molar-refractivity contribution in [2.45, 2.75) is 142 Å². The normalized spacial score (nSPS) is 31.4. The molecule has 2 rings (SSSR count). The molecule has 30 heavy (non-hydrogen) atoms. The van der Waals surface area contributed by atoms with Crippen molar-refractivity contribution in [3.8, 4) is 0 Å². The maximum absolute atomic E-state index is 6.28. The van der Waals surface area contributed by atoms with Crippen molar-refractivity contribution in [3.05, 3.63) is 0 Å². The van der Waals surface area contributed by atoms with Crippen LogP contribution in [0.25, 0.3) is 0 Å². The minimum atomic E-state index is 0.187. The van der Waals surface area contributed by atoms with Gasteiger partial charge in [-0.1, -0.05) is 40.5 Å². The largest absolute Gasteiger partial charge is 0.378 e. The van der Waals surface area contributed by atoms with Crippen LogP contribution in [0.3, 0.4) is 0 Å². The molecule has 178 valence electrons. The summed E-state index contributed by atoms with van der Waals surface area (Å²) in [6.45, 7) is 20.3. The first-order valence-corrected chi connectivity index (χ1v) is 12.8. The van der Waals surface area contributed by atoms with E-state index in [0.29, 0.717) is 36.1 Å². The zero-order valence-electron chi connectivity index (χ0n) is 21.4. The van der Waals surface area contributed by atoms with Crippen molar-refractivity contribution in [1.29, 1.82) is 0 Å². The third kappa shape index (κ3) is 9.14. The Hall–Kier alpha value is -0.160. The zero-order chi connectivity index (χ0) is 22.4. The summed E-state index contributed by atoms with van der Waals surface area (Å²) in [6, 6.07) is 1.15. The topological polar surface area (TPSA) is 42.5 Å². The molecule has 0 saturated carbocycles. The minimum absolute atomic E-state index is 0.187. The van der Waals surface area contributed by atoms with Crippen LogP contribution in [-0.2, 0) is 9.47 Å². The monoisotopic (exact) mass is 424 g/mol. The van der Waals surface area contributed by atoms with E-state index in [1.54, 1.807) is 0 Å². The summed E-state index contributed by atoms with van der Waals surface area (Å²) in [5, 5.41) is 7.58. The molecule has 4 heteroatoms. The van der Waals surface area contributed by atoms with Gasteiger partial charge < -0.3 is 20.1 Å². The van der Waals surface area contributed by atoms with E-state index in [4.69, 9.17) is 9.47 Å². The molecule has 0 amide bonds. The van der Waals surface area contributed by atoms with Gasteiger partial charge in [0.05, 0.1) is 12.2 Å². The molecule has 0 aliphatic carbocycles. The summed E-state index contributed by atoms with van der Waals surface area (Å²) in [4.78, 5) is 0. The molecule has 0 spiro atoms. The molecule has 2 fully saturated rings. The summed E-state index contributed by atoms with van der Waals surface area (Å²) in [7, 11) is 0. The summed E-state index contributed by atoms with van der Waals surface area (Å²) in [5.41, 5.74) is 0.375. The molecule has 2 N–H and O–H groups in total. The Morgan fingerprint density at radius 1 is 0.667 bits per heavy atom. The molecule has 2 aliphatic heterocycles. The number of rotatable bonds is 11. The van der Waals surface area contributed by atoms with Crippen molar-refractivity contribution in [2.75, 3.05) is 13.2 Å². The zero-order valence-corrected chi connectivity index (χ0v) is 21.4. The molecule has 4 unspecified atom stereocenters. The van der Waals surface area contributed by atoms with Crippen LogP contribution >= 0.6 is 0 Å². The summed E-state index contributed by atoms with van der Waals surface area (Å²) in [6.07, 6.45) is 10.2. The Bertz CT molecular complexity index is 445. The quantitative estimate of drug-likeness (QED) is 0.418. The molecule has 0 aromatic carbocycles. The lowest BCUT2D eigenvalue weighted by Gasteiger charge is -2.43. The van der Waals surface area contributed by atoms with Crippen molar-refractivity contribution in [1.82, 2.24) is 10.6 Å². The van der Waals surface area contributed by atoms with Crippen molar-refractivity contribution in [3.63, 3.8) is 0 Å². The van der Waals surface area contributed by atoms with E-state index in [-0.39, 0.29) is 11.1 Å². The third-order valence-corrected chi connectivity index (χ3v) is 7.02. The van der Waals surface area contributed by atoms with Gasteiger partial charge in [0.25, 0.3) is 0 Å². The second kappa shape index (κ2) is 11.6. The SMILES string of the molecule is CC(C)C1CC(OCCCCCCOC2CC(C(C)C)NC(C)(C)C2)CC(C)(C)N1. The van der Waals surface area contributed by atoms with Gasteiger partial charge in [-0.3, -0.25) is 0 Å². The van der Waals surface area contributed by atoms with Gasteiger partial charge >= 0.3 is 0 Å². The predicted octanol–water partition coefficient (Wildman–Crippen LogP) is 5.69. The van der Waals surface area contributed by atoms with E-state index in [0.717, 1.165) is 38.9 Å². The van der Waals surface area contributed by atoms with E-state index >= 15 is 0 Å². The molecule has 2 saturated heterocycles. The van der Waals surface area contributed by atoms with E-state index in [2.05, 4.69) is 66.0 Å². The average Bonchev–Trinajstić information content (AvgIpc) is 2.61. The van der Waals surface area contributed by atoms with Crippen LogP contribution < -0.4 is 10.6 Å². The molecule has 0 aromatic heterocycles. The maximum Gasteiger partial charge on any atom is 0.0607 e. The smallest absolute Gasteiger partial charge is 0.0607 e. The van der Waals surface area contributed by atoms with Gasteiger partial charge in [-0.15, -0.1) is 0 Å². The van der Waals surface area contributed by atoms with Gasteiger partial charge in [0.15, 0.2) is 0 Å². The van der Waals surface area contributed by atoms with Gasteiger partial charge in [-0.05, 0) is 78.1 Å². The van der Waals surface area contributed by atoms with Crippen LogP contribution in [0, 0.1) is 11.8 Å². The highest BCUT2D eigenvalue weighted by atomic mass is 16.5. The lowest BCUT2D eigenvalue weighted by molar-refractivity contribution is -0.0166. The molecular weight excluding hydrogens is 372 g/mol. The van der Waals surface area contributed by atoms with E-state index in [1.165, 1.54) is 25.7 Å². The molecule has 0 bridgehead atoms. The first kappa shape index (κ1) is 26.1. The maximum atomic E-state index is 6.28. The fraction of sp³-hybridized carbons (Fsp3) is 1.00. The highest BCUT2D eigenvalue weighted by molar-refractivity contribution is 4.94. The molecule has 2 heterocycles. The number of nitrogens with one attached hydrogen (secondary N) is 2. The van der Waals surface area contributed by atoms with Crippen LogP contribution in [0.2, 0.25) is 0 Å². The standard InChI is InChI=1S/C26H52N2O2/c1-19(2)23-15-21(17-25(5,6)27-23)29-13-11-9-10-12-14-30-22-16-24(20(3)4)28-26(7,8)18-22/h19-24,27-28H,9-18H2,1-8H3. The Labute approximate surface area is 187 Å².